The summed E-state index contributed by atoms with van der Waals surface area (Å²) in [6.45, 7) is 3.97. The molecule has 4 aromatic rings. The minimum atomic E-state index is -1.09. The Balaban J connectivity index is 1.32. The fraction of sp³-hybridized carbons (Fsp3) is 0.0968. The number of benzene rings is 2. The van der Waals surface area contributed by atoms with Gasteiger partial charge in [-0.15, -0.1) is 22.7 Å². The average Bonchev–Trinajstić information content (AvgIpc) is 3.65. The van der Waals surface area contributed by atoms with Crippen LogP contribution in [0.5, 0.6) is 0 Å². The number of thiophene rings is 2. The molecule has 0 radical (unpaired) electrons. The standard InChI is InChI=1S/C31H14F4O4S2/c1-31(2)19-9-13(7-17-15-3-11(32)5-21(34)23(15)27(38)25(17)36)40-29(19)30-20(31)10-14(41-30)8-18-16-4-12(33)6-22(35)24(16)28(39)26(18)37/h3-10H,1-2H3/b17-7-,18-8-. The van der Waals surface area contributed by atoms with E-state index in [-0.39, 0.29) is 22.3 Å². The van der Waals surface area contributed by atoms with Crippen LogP contribution in [0.3, 0.4) is 0 Å². The highest BCUT2D eigenvalue weighted by Gasteiger charge is 2.41. The molecule has 4 nitrogen and oxygen atoms in total. The van der Waals surface area contributed by atoms with Crippen molar-refractivity contribution in [2.75, 3.05) is 0 Å². The fourth-order valence-electron chi connectivity index (χ4n) is 5.69. The smallest absolute Gasteiger partial charge is 0.237 e. The van der Waals surface area contributed by atoms with Crippen LogP contribution in [-0.2, 0) is 15.0 Å². The number of carbonyl (C=O) groups is 4. The predicted octanol–water partition coefficient (Wildman–Crippen LogP) is 7.28. The summed E-state index contributed by atoms with van der Waals surface area (Å²) in [4.78, 5) is 53.1. The van der Waals surface area contributed by atoms with Crippen LogP contribution < -0.4 is 0 Å². The maximum Gasteiger partial charge on any atom is 0.237 e. The fourth-order valence-corrected chi connectivity index (χ4v) is 8.38. The lowest BCUT2D eigenvalue weighted by molar-refractivity contribution is -0.110. The molecule has 0 bridgehead atoms. The molecule has 0 N–H and O–H groups in total. The van der Waals surface area contributed by atoms with Gasteiger partial charge in [0.2, 0.25) is 23.1 Å². The van der Waals surface area contributed by atoms with Gasteiger partial charge in [-0.1, -0.05) is 13.8 Å². The summed E-state index contributed by atoms with van der Waals surface area (Å²) in [5.74, 6) is -7.83. The summed E-state index contributed by atoms with van der Waals surface area (Å²) in [6.07, 6.45) is 2.92. The lowest BCUT2D eigenvalue weighted by atomic mass is 9.83. The van der Waals surface area contributed by atoms with E-state index in [1.54, 1.807) is 0 Å². The Kier molecular flexibility index (Phi) is 5.24. The van der Waals surface area contributed by atoms with Crippen molar-refractivity contribution >= 4 is 69.1 Å². The highest BCUT2D eigenvalue weighted by Crippen LogP contribution is 2.56. The van der Waals surface area contributed by atoms with Gasteiger partial charge in [-0.3, -0.25) is 19.2 Å². The zero-order valence-electron chi connectivity index (χ0n) is 21.1. The number of Topliss-reactive ketones (excluding diaryl/α,β-unsaturated/α-hetero) is 4. The largest absolute Gasteiger partial charge is 0.285 e. The second kappa shape index (κ2) is 8.37. The number of allylic oxidation sites excluding steroid dienone is 2. The molecule has 7 rings (SSSR count). The average molecular weight is 591 g/mol. The molecule has 0 unspecified atom stereocenters. The number of carbonyl (C=O) groups excluding carboxylic acids is 4. The van der Waals surface area contributed by atoms with E-state index >= 15 is 0 Å². The molecule has 10 heteroatoms. The third-order valence-corrected chi connectivity index (χ3v) is 10.0. The number of fused-ring (bicyclic) bond motifs is 5. The molecule has 0 saturated heterocycles. The van der Waals surface area contributed by atoms with E-state index in [0.29, 0.717) is 21.9 Å². The van der Waals surface area contributed by atoms with E-state index in [9.17, 15) is 36.7 Å². The van der Waals surface area contributed by atoms with Crippen molar-refractivity contribution in [1.29, 1.82) is 0 Å². The summed E-state index contributed by atoms with van der Waals surface area (Å²) in [5.41, 5.74) is 0.166. The first-order valence-electron chi connectivity index (χ1n) is 12.3. The van der Waals surface area contributed by atoms with Gasteiger partial charge in [-0.2, -0.15) is 0 Å². The number of ketones is 4. The van der Waals surface area contributed by atoms with Crippen molar-refractivity contribution in [3.05, 3.63) is 103 Å². The molecule has 0 aliphatic heterocycles. The molecule has 0 atom stereocenters. The summed E-state index contributed by atoms with van der Waals surface area (Å²) in [7, 11) is 0. The van der Waals surface area contributed by atoms with E-state index in [0.717, 1.165) is 33.0 Å². The molecule has 0 spiro atoms. The molecule has 3 aliphatic carbocycles. The molecule has 2 heterocycles. The van der Waals surface area contributed by atoms with Crippen molar-refractivity contribution in [2.24, 2.45) is 0 Å². The Morgan fingerprint density at radius 2 is 0.976 bits per heavy atom. The molecular formula is C31H14F4O4S2. The number of halogens is 4. The quantitative estimate of drug-likeness (QED) is 0.140. The van der Waals surface area contributed by atoms with E-state index in [1.807, 2.05) is 26.0 Å². The minimum absolute atomic E-state index is 0.0829. The Hall–Kier alpha value is -4.28. The summed E-state index contributed by atoms with van der Waals surface area (Å²) in [6, 6.07) is 6.82. The van der Waals surface area contributed by atoms with Crippen LogP contribution in [-0.4, -0.2) is 23.1 Å². The Labute approximate surface area is 237 Å². The molecule has 0 amide bonds. The van der Waals surface area contributed by atoms with Crippen LogP contribution in [0.1, 0.15) is 66.6 Å². The second-order valence-corrected chi connectivity index (χ2v) is 12.6. The van der Waals surface area contributed by atoms with E-state index in [4.69, 9.17) is 0 Å². The van der Waals surface area contributed by atoms with Crippen molar-refractivity contribution in [3.8, 4) is 9.75 Å². The van der Waals surface area contributed by atoms with Crippen LogP contribution in [0.2, 0.25) is 0 Å². The summed E-state index contributed by atoms with van der Waals surface area (Å²) in [5, 5.41) is 0. The first-order valence-corrected chi connectivity index (χ1v) is 13.9. The van der Waals surface area contributed by atoms with Gasteiger partial charge in [-0.05, 0) is 47.5 Å². The van der Waals surface area contributed by atoms with Gasteiger partial charge in [0.1, 0.15) is 23.3 Å². The van der Waals surface area contributed by atoms with Gasteiger partial charge in [0, 0.05) is 59.3 Å². The normalized spacial score (nSPS) is 18.5. The second-order valence-electron chi connectivity index (χ2n) is 10.5. The van der Waals surface area contributed by atoms with Crippen LogP contribution >= 0.6 is 22.7 Å². The van der Waals surface area contributed by atoms with Crippen molar-refractivity contribution < 1.29 is 36.7 Å². The van der Waals surface area contributed by atoms with E-state index < -0.39 is 62.9 Å². The Bertz CT molecular complexity index is 1900. The monoisotopic (exact) mass is 590 g/mol. The Morgan fingerprint density at radius 3 is 1.37 bits per heavy atom. The van der Waals surface area contributed by atoms with E-state index in [1.165, 1.54) is 34.8 Å². The number of hydrogen-bond donors (Lipinski definition) is 0. The zero-order chi connectivity index (χ0) is 29.1. The van der Waals surface area contributed by atoms with Crippen LogP contribution in [0.25, 0.3) is 33.1 Å². The number of rotatable bonds is 2. The van der Waals surface area contributed by atoms with Gasteiger partial charge in [0.05, 0.1) is 11.1 Å². The lowest BCUT2D eigenvalue weighted by Gasteiger charge is -2.19. The van der Waals surface area contributed by atoms with Crippen LogP contribution in [0.15, 0.2) is 36.4 Å². The zero-order valence-corrected chi connectivity index (χ0v) is 22.7. The van der Waals surface area contributed by atoms with E-state index in [2.05, 4.69) is 0 Å². The molecule has 41 heavy (non-hydrogen) atoms. The molecule has 2 aromatic heterocycles. The van der Waals surface area contributed by atoms with Gasteiger partial charge >= 0.3 is 0 Å². The third-order valence-electron chi connectivity index (χ3n) is 7.67. The Morgan fingerprint density at radius 1 is 0.585 bits per heavy atom. The molecular weight excluding hydrogens is 576 g/mol. The molecule has 0 fully saturated rings. The van der Waals surface area contributed by atoms with Gasteiger partial charge in [0.25, 0.3) is 0 Å². The predicted molar refractivity (Wildman–Crippen MR) is 147 cm³/mol. The maximum absolute atomic E-state index is 14.3. The summed E-state index contributed by atoms with van der Waals surface area (Å²) >= 11 is 2.66. The highest BCUT2D eigenvalue weighted by atomic mass is 32.1. The topological polar surface area (TPSA) is 68.3 Å². The molecule has 0 saturated carbocycles. The number of hydrogen-bond acceptors (Lipinski definition) is 6. The van der Waals surface area contributed by atoms with Crippen LogP contribution in [0, 0.1) is 23.3 Å². The minimum Gasteiger partial charge on any atom is -0.285 e. The van der Waals surface area contributed by atoms with Crippen molar-refractivity contribution in [2.45, 2.75) is 19.3 Å². The summed E-state index contributed by atoms with van der Waals surface area (Å²) < 4.78 is 56.4. The SMILES string of the molecule is CC1(C)c2cc(/C=C3\C(=O)C(=O)c4c(F)cc(F)cc43)sc2-c2sc(/C=C3\C(=O)C(=O)c4c(F)cc(F)cc43)cc21. The van der Waals surface area contributed by atoms with Crippen molar-refractivity contribution in [3.63, 3.8) is 0 Å². The van der Waals surface area contributed by atoms with Gasteiger partial charge in [-0.25, -0.2) is 17.6 Å². The van der Waals surface area contributed by atoms with Gasteiger partial charge in [0.15, 0.2) is 0 Å². The molecule has 3 aliphatic rings. The van der Waals surface area contributed by atoms with Crippen LogP contribution in [0.4, 0.5) is 17.6 Å². The molecule has 202 valence electrons. The first kappa shape index (κ1) is 25.7. The highest BCUT2D eigenvalue weighted by molar-refractivity contribution is 7.23. The first-order chi connectivity index (χ1) is 19.4. The van der Waals surface area contributed by atoms with Crippen molar-refractivity contribution in [1.82, 2.24) is 0 Å². The van der Waals surface area contributed by atoms with Gasteiger partial charge < -0.3 is 0 Å². The third kappa shape index (κ3) is 3.50. The maximum atomic E-state index is 14.3. The molecule has 2 aromatic carbocycles. The lowest BCUT2D eigenvalue weighted by Crippen LogP contribution is -2.13.